The molecule has 6 heteroatoms. The van der Waals surface area contributed by atoms with E-state index < -0.39 is 0 Å². The number of anilines is 1. The molecule has 1 N–H and O–H groups in total. The van der Waals surface area contributed by atoms with Crippen LogP contribution in [0.4, 0.5) is 5.95 Å². The Morgan fingerprint density at radius 1 is 1.37 bits per heavy atom. The first-order valence-electron chi connectivity index (χ1n) is 9.80. The van der Waals surface area contributed by atoms with Crippen LogP contribution in [0.1, 0.15) is 64.6 Å². The molecular weight excluding hydrogens is 340 g/mol. The SMILES string of the molecule is C.Cc1ccc2nc(NC(=O)CC3CC4(C)CCO[C@H]34)n(C3CCC3)c2n1. The van der Waals surface area contributed by atoms with Crippen molar-refractivity contribution in [2.45, 2.75) is 71.9 Å². The van der Waals surface area contributed by atoms with Crippen molar-refractivity contribution in [1.29, 1.82) is 0 Å². The number of hydrogen-bond donors (Lipinski definition) is 1. The number of nitrogens with one attached hydrogen (secondary N) is 1. The average molecular weight is 370 g/mol. The van der Waals surface area contributed by atoms with Crippen molar-refractivity contribution >= 4 is 23.0 Å². The Morgan fingerprint density at radius 3 is 2.89 bits per heavy atom. The Bertz CT molecular complexity index is 872. The highest BCUT2D eigenvalue weighted by atomic mass is 16.5. The van der Waals surface area contributed by atoms with Gasteiger partial charge in [0.25, 0.3) is 0 Å². The molecule has 2 aromatic rings. The molecular formula is C21H30N4O2. The van der Waals surface area contributed by atoms with Crippen molar-refractivity contribution in [3.8, 4) is 0 Å². The quantitative estimate of drug-likeness (QED) is 0.874. The first-order valence-corrected chi connectivity index (χ1v) is 9.80. The summed E-state index contributed by atoms with van der Waals surface area (Å²) >= 11 is 0. The summed E-state index contributed by atoms with van der Waals surface area (Å²) in [6, 6.07) is 4.36. The lowest BCUT2D eigenvalue weighted by molar-refractivity contribution is -0.125. The van der Waals surface area contributed by atoms with Crippen molar-refractivity contribution < 1.29 is 9.53 Å². The van der Waals surface area contributed by atoms with Gasteiger partial charge in [0.2, 0.25) is 11.9 Å². The van der Waals surface area contributed by atoms with E-state index >= 15 is 0 Å². The number of carbonyl (C=O) groups is 1. The zero-order chi connectivity index (χ0) is 17.9. The Balaban J connectivity index is 0.00000180. The van der Waals surface area contributed by atoms with Gasteiger partial charge in [-0.25, -0.2) is 9.97 Å². The highest BCUT2D eigenvalue weighted by Crippen LogP contribution is 2.54. The summed E-state index contributed by atoms with van der Waals surface area (Å²) in [7, 11) is 0. The molecule has 3 fully saturated rings. The second-order valence-electron chi connectivity index (χ2n) is 8.60. The lowest BCUT2D eigenvalue weighted by Crippen LogP contribution is -2.48. The molecule has 3 aliphatic rings. The number of hydrogen-bond acceptors (Lipinski definition) is 4. The molecule has 27 heavy (non-hydrogen) atoms. The standard InChI is InChI=1S/C20H26N4O2.CH4/c1-12-6-7-15-18(21-12)24(14-4-3-5-14)19(22-15)23-16(25)10-13-11-20(2)8-9-26-17(13)20;/h6-7,13-14,17H,3-5,8-11H2,1-2H3,(H,22,23,25);1H4/t13?,17-,20?;/m1./s1. The normalized spacial score (nSPS) is 29.6. The van der Waals surface area contributed by atoms with Gasteiger partial charge in [-0.15, -0.1) is 0 Å². The van der Waals surface area contributed by atoms with Gasteiger partial charge >= 0.3 is 0 Å². The number of fused-ring (bicyclic) bond motifs is 2. The van der Waals surface area contributed by atoms with Gasteiger partial charge in [-0.1, -0.05) is 14.4 Å². The zero-order valence-electron chi connectivity index (χ0n) is 15.5. The molecule has 5 rings (SSSR count). The monoisotopic (exact) mass is 370 g/mol. The third kappa shape index (κ3) is 2.94. The van der Waals surface area contributed by atoms with Gasteiger partial charge in [-0.2, -0.15) is 0 Å². The van der Waals surface area contributed by atoms with Crippen LogP contribution in [0, 0.1) is 18.3 Å². The first kappa shape index (κ1) is 18.4. The van der Waals surface area contributed by atoms with E-state index in [2.05, 4.69) is 26.8 Å². The number of pyridine rings is 1. The fourth-order valence-electron chi connectivity index (χ4n) is 4.97. The summed E-state index contributed by atoms with van der Waals surface area (Å²) in [5, 5.41) is 3.08. The number of nitrogens with zero attached hydrogens (tertiary/aromatic N) is 3. The number of aromatic nitrogens is 3. The molecule has 2 saturated carbocycles. The minimum Gasteiger partial charge on any atom is -0.377 e. The van der Waals surface area contributed by atoms with Crippen molar-refractivity contribution in [3.63, 3.8) is 0 Å². The maximum absolute atomic E-state index is 12.7. The second kappa shape index (κ2) is 6.59. The molecule has 2 unspecified atom stereocenters. The van der Waals surface area contributed by atoms with Crippen LogP contribution in [0.15, 0.2) is 12.1 Å². The Morgan fingerprint density at radius 2 is 2.19 bits per heavy atom. The van der Waals surface area contributed by atoms with Crippen LogP contribution < -0.4 is 5.32 Å². The van der Waals surface area contributed by atoms with Crippen LogP contribution in [-0.4, -0.2) is 33.2 Å². The fraction of sp³-hybridized carbons (Fsp3) is 0.667. The largest absolute Gasteiger partial charge is 0.377 e. The summed E-state index contributed by atoms with van der Waals surface area (Å²) in [6.45, 7) is 5.11. The molecule has 0 radical (unpaired) electrons. The van der Waals surface area contributed by atoms with Crippen molar-refractivity contribution in [2.75, 3.05) is 11.9 Å². The lowest BCUT2D eigenvalue weighted by atomic mass is 9.59. The summed E-state index contributed by atoms with van der Waals surface area (Å²) < 4.78 is 8.00. The smallest absolute Gasteiger partial charge is 0.227 e. The number of amides is 1. The topological polar surface area (TPSA) is 69.0 Å². The maximum atomic E-state index is 12.7. The number of rotatable bonds is 4. The van der Waals surface area contributed by atoms with E-state index in [9.17, 15) is 4.79 Å². The van der Waals surface area contributed by atoms with E-state index in [1.807, 2.05) is 19.1 Å². The van der Waals surface area contributed by atoms with Gasteiger partial charge < -0.3 is 4.74 Å². The molecule has 0 bridgehead atoms. The number of imidazole rings is 1. The second-order valence-corrected chi connectivity index (χ2v) is 8.60. The Labute approximate surface area is 160 Å². The Hall–Kier alpha value is -1.95. The van der Waals surface area contributed by atoms with Crippen LogP contribution in [0.3, 0.4) is 0 Å². The third-order valence-electron chi connectivity index (χ3n) is 6.63. The van der Waals surface area contributed by atoms with Crippen LogP contribution in [0.25, 0.3) is 11.2 Å². The molecule has 2 aromatic heterocycles. The van der Waals surface area contributed by atoms with Gasteiger partial charge in [0.15, 0.2) is 5.65 Å². The molecule has 6 nitrogen and oxygen atoms in total. The molecule has 2 aliphatic carbocycles. The van der Waals surface area contributed by atoms with Crippen LogP contribution in [0.2, 0.25) is 0 Å². The van der Waals surface area contributed by atoms with Gasteiger partial charge in [0, 0.05) is 24.8 Å². The fourth-order valence-corrected chi connectivity index (χ4v) is 4.97. The van der Waals surface area contributed by atoms with Gasteiger partial charge in [-0.3, -0.25) is 14.7 Å². The molecule has 3 atom stereocenters. The summed E-state index contributed by atoms with van der Waals surface area (Å²) in [4.78, 5) is 22.0. The molecule has 1 saturated heterocycles. The minimum atomic E-state index is 0. The average Bonchev–Trinajstić information content (AvgIpc) is 3.02. The van der Waals surface area contributed by atoms with Crippen LogP contribution in [-0.2, 0) is 9.53 Å². The molecule has 3 heterocycles. The lowest BCUT2D eigenvalue weighted by Gasteiger charge is -2.47. The molecule has 146 valence electrons. The molecule has 1 amide bonds. The molecule has 0 aromatic carbocycles. The molecule has 0 spiro atoms. The van der Waals surface area contributed by atoms with Crippen molar-refractivity contribution in [1.82, 2.24) is 14.5 Å². The first-order chi connectivity index (χ1) is 12.5. The predicted octanol–water partition coefficient (Wildman–Crippen LogP) is 4.24. The van der Waals surface area contributed by atoms with E-state index in [1.54, 1.807) is 0 Å². The van der Waals surface area contributed by atoms with E-state index in [1.165, 1.54) is 6.42 Å². The summed E-state index contributed by atoms with van der Waals surface area (Å²) in [5.74, 6) is 1.03. The van der Waals surface area contributed by atoms with Crippen molar-refractivity contribution in [2.24, 2.45) is 11.3 Å². The van der Waals surface area contributed by atoms with Gasteiger partial charge in [0.05, 0.1) is 6.10 Å². The van der Waals surface area contributed by atoms with Crippen LogP contribution in [0.5, 0.6) is 0 Å². The van der Waals surface area contributed by atoms with E-state index in [4.69, 9.17) is 4.74 Å². The van der Waals surface area contributed by atoms with Crippen LogP contribution >= 0.6 is 0 Å². The van der Waals surface area contributed by atoms with Crippen molar-refractivity contribution in [3.05, 3.63) is 17.8 Å². The number of ether oxygens (including phenoxy) is 1. The van der Waals surface area contributed by atoms with Gasteiger partial charge in [0.1, 0.15) is 5.52 Å². The highest BCUT2D eigenvalue weighted by molar-refractivity contribution is 5.91. The Kier molecular flexibility index (Phi) is 4.49. The number of aryl methyl sites for hydroxylation is 1. The maximum Gasteiger partial charge on any atom is 0.227 e. The third-order valence-corrected chi connectivity index (χ3v) is 6.63. The summed E-state index contributed by atoms with van der Waals surface area (Å²) in [5.41, 5.74) is 3.02. The van der Waals surface area contributed by atoms with E-state index in [0.29, 0.717) is 29.7 Å². The summed E-state index contributed by atoms with van der Waals surface area (Å²) in [6.07, 6.45) is 6.46. The molecule has 1 aliphatic heterocycles. The van der Waals surface area contributed by atoms with E-state index in [-0.39, 0.29) is 19.4 Å². The minimum absolute atomic E-state index is 0. The highest BCUT2D eigenvalue weighted by Gasteiger charge is 2.54. The zero-order valence-corrected chi connectivity index (χ0v) is 15.5. The van der Waals surface area contributed by atoms with E-state index in [0.717, 1.165) is 49.1 Å². The number of carbonyl (C=O) groups excluding carboxylic acids is 1. The van der Waals surface area contributed by atoms with Gasteiger partial charge in [-0.05, 0) is 62.5 Å². The predicted molar refractivity (Wildman–Crippen MR) is 106 cm³/mol.